The van der Waals surface area contributed by atoms with Crippen molar-refractivity contribution in [1.82, 2.24) is 9.97 Å². The van der Waals surface area contributed by atoms with Gasteiger partial charge in [0, 0.05) is 18.3 Å². The van der Waals surface area contributed by atoms with Gasteiger partial charge in [-0.05, 0) is 18.1 Å². The molecule has 0 aliphatic carbocycles. The average Bonchev–Trinajstić information content (AvgIpc) is 2.81. The molecule has 1 aromatic carbocycles. The van der Waals surface area contributed by atoms with Gasteiger partial charge in [-0.2, -0.15) is 10.2 Å². The number of aromatic nitrogens is 2. The van der Waals surface area contributed by atoms with Crippen LogP contribution in [0.1, 0.15) is 11.3 Å². The predicted molar refractivity (Wildman–Crippen MR) is 66.7 cm³/mol. The highest BCUT2D eigenvalue weighted by Gasteiger charge is 2.21. The average molecular weight is 238 g/mol. The molecule has 5 nitrogen and oxygen atoms in total. The minimum Gasteiger partial charge on any atom is -0.326 e. The summed E-state index contributed by atoms with van der Waals surface area (Å²) in [5, 5.41) is 8.86. The number of benzene rings is 1. The Kier molecular flexibility index (Phi) is 2.34. The van der Waals surface area contributed by atoms with E-state index >= 15 is 0 Å². The van der Waals surface area contributed by atoms with E-state index in [-0.39, 0.29) is 5.69 Å². The molecule has 0 unspecified atom stereocenters. The molecule has 1 N–H and O–H groups in total. The van der Waals surface area contributed by atoms with Crippen LogP contribution >= 0.6 is 0 Å². The van der Waals surface area contributed by atoms with Crippen molar-refractivity contribution < 1.29 is 0 Å². The number of para-hydroxylation sites is 1. The summed E-state index contributed by atoms with van der Waals surface area (Å²) >= 11 is 0. The van der Waals surface area contributed by atoms with Gasteiger partial charge in [-0.15, -0.1) is 0 Å². The molecular weight excluding hydrogens is 228 g/mol. The molecule has 0 atom stereocenters. The maximum atomic E-state index is 11.4. The van der Waals surface area contributed by atoms with Crippen LogP contribution in [0, 0.1) is 11.3 Å². The zero-order chi connectivity index (χ0) is 12.5. The molecule has 2 heterocycles. The first kappa shape index (κ1) is 10.5. The van der Waals surface area contributed by atoms with E-state index in [1.807, 2.05) is 29.2 Å². The summed E-state index contributed by atoms with van der Waals surface area (Å²) in [5.41, 5.74) is 2.03. The molecule has 0 saturated heterocycles. The van der Waals surface area contributed by atoms with E-state index in [0.29, 0.717) is 5.82 Å². The maximum absolute atomic E-state index is 11.4. The van der Waals surface area contributed by atoms with Crippen LogP contribution in [-0.4, -0.2) is 16.5 Å². The molecule has 2 aromatic rings. The molecule has 0 fully saturated rings. The van der Waals surface area contributed by atoms with Crippen LogP contribution < -0.4 is 10.6 Å². The van der Waals surface area contributed by atoms with Gasteiger partial charge in [0.1, 0.15) is 17.6 Å². The third-order valence-electron chi connectivity index (χ3n) is 3.02. The second-order valence-corrected chi connectivity index (χ2v) is 4.10. The van der Waals surface area contributed by atoms with E-state index in [9.17, 15) is 4.79 Å². The van der Waals surface area contributed by atoms with Crippen LogP contribution in [0.25, 0.3) is 0 Å². The molecule has 88 valence electrons. The Bertz CT molecular complexity index is 699. The molecule has 5 heteroatoms. The Morgan fingerprint density at radius 2 is 2.22 bits per heavy atom. The summed E-state index contributed by atoms with van der Waals surface area (Å²) in [6.07, 6.45) is 0.923. The molecule has 0 radical (unpaired) electrons. The van der Waals surface area contributed by atoms with E-state index in [1.54, 1.807) is 6.07 Å². The first-order valence-electron chi connectivity index (χ1n) is 5.65. The lowest BCUT2D eigenvalue weighted by atomic mass is 10.2. The van der Waals surface area contributed by atoms with Crippen molar-refractivity contribution in [2.45, 2.75) is 6.42 Å². The third kappa shape index (κ3) is 1.64. The fourth-order valence-electron chi connectivity index (χ4n) is 2.22. The van der Waals surface area contributed by atoms with Crippen molar-refractivity contribution in [1.29, 1.82) is 5.26 Å². The predicted octanol–water partition coefficient (Wildman–Crippen LogP) is 1.34. The monoisotopic (exact) mass is 238 g/mol. The Balaban J connectivity index is 2.11. The molecule has 0 saturated carbocycles. The summed E-state index contributed by atoms with van der Waals surface area (Å²) < 4.78 is 0. The van der Waals surface area contributed by atoms with Gasteiger partial charge in [0.25, 0.3) is 0 Å². The van der Waals surface area contributed by atoms with E-state index in [0.717, 1.165) is 18.7 Å². The van der Waals surface area contributed by atoms with Crippen molar-refractivity contribution in [3.05, 3.63) is 52.1 Å². The second kappa shape index (κ2) is 4.00. The zero-order valence-electron chi connectivity index (χ0n) is 9.55. The van der Waals surface area contributed by atoms with E-state index < -0.39 is 5.69 Å². The van der Waals surface area contributed by atoms with Gasteiger partial charge in [-0.25, -0.2) is 4.79 Å². The lowest BCUT2D eigenvalue weighted by molar-refractivity contribution is 0.943. The molecular formula is C13H10N4O. The smallest absolute Gasteiger partial charge is 0.326 e. The highest BCUT2D eigenvalue weighted by molar-refractivity contribution is 5.67. The Morgan fingerprint density at radius 3 is 3.06 bits per heavy atom. The number of aromatic amines is 1. The fraction of sp³-hybridized carbons (Fsp3) is 0.154. The minimum absolute atomic E-state index is 0.231. The Morgan fingerprint density at radius 1 is 1.39 bits per heavy atom. The highest BCUT2D eigenvalue weighted by Crippen LogP contribution is 2.32. The van der Waals surface area contributed by atoms with Crippen molar-refractivity contribution in [2.24, 2.45) is 0 Å². The largest absolute Gasteiger partial charge is 0.347 e. The van der Waals surface area contributed by atoms with Gasteiger partial charge in [0.05, 0.1) is 0 Å². The lowest BCUT2D eigenvalue weighted by Crippen LogP contribution is -2.21. The third-order valence-corrected chi connectivity index (χ3v) is 3.02. The van der Waals surface area contributed by atoms with Gasteiger partial charge in [-0.3, -0.25) is 4.98 Å². The molecule has 1 aliphatic heterocycles. The van der Waals surface area contributed by atoms with Gasteiger partial charge in [-0.1, -0.05) is 18.2 Å². The summed E-state index contributed by atoms with van der Waals surface area (Å²) in [7, 11) is 0. The van der Waals surface area contributed by atoms with Crippen LogP contribution in [0.5, 0.6) is 0 Å². The minimum atomic E-state index is -0.492. The second-order valence-electron chi connectivity index (χ2n) is 4.10. The number of anilines is 2. The molecule has 0 amide bonds. The van der Waals surface area contributed by atoms with E-state index in [4.69, 9.17) is 5.26 Å². The van der Waals surface area contributed by atoms with Crippen LogP contribution in [-0.2, 0) is 6.42 Å². The molecule has 0 spiro atoms. The van der Waals surface area contributed by atoms with Gasteiger partial charge in [0.15, 0.2) is 0 Å². The van der Waals surface area contributed by atoms with Crippen molar-refractivity contribution in [3.63, 3.8) is 0 Å². The lowest BCUT2D eigenvalue weighted by Gasteiger charge is -2.17. The normalized spacial score (nSPS) is 13.2. The van der Waals surface area contributed by atoms with Crippen LogP contribution in [0.3, 0.4) is 0 Å². The van der Waals surface area contributed by atoms with E-state index in [1.165, 1.54) is 5.56 Å². The number of rotatable bonds is 1. The summed E-state index contributed by atoms with van der Waals surface area (Å²) in [4.78, 5) is 19.7. The number of hydrogen-bond donors (Lipinski definition) is 1. The Labute approximate surface area is 103 Å². The number of nitrogens with one attached hydrogen (secondary N) is 1. The zero-order valence-corrected chi connectivity index (χ0v) is 9.55. The van der Waals surface area contributed by atoms with Gasteiger partial charge < -0.3 is 4.90 Å². The molecule has 1 aromatic heterocycles. The molecule has 18 heavy (non-hydrogen) atoms. The standard InChI is InChI=1S/C13H10N4O/c14-8-10-7-12(16-13(18)15-10)17-6-5-9-3-1-2-4-11(9)17/h1-4,7H,5-6H2,(H,15,16,18). The fourth-order valence-corrected chi connectivity index (χ4v) is 2.22. The highest BCUT2D eigenvalue weighted by atomic mass is 16.1. The molecule has 3 rings (SSSR count). The van der Waals surface area contributed by atoms with Crippen LogP contribution in [0.15, 0.2) is 35.1 Å². The molecule has 1 aliphatic rings. The SMILES string of the molecule is N#Cc1cc(N2CCc3ccccc32)nc(=O)[nH]1. The maximum Gasteiger partial charge on any atom is 0.347 e. The number of nitriles is 1. The quantitative estimate of drug-likeness (QED) is 0.813. The Hall–Kier alpha value is -2.61. The number of H-pyrrole nitrogens is 1. The summed E-state index contributed by atoms with van der Waals surface area (Å²) in [6, 6.07) is 11.5. The van der Waals surface area contributed by atoms with Crippen LogP contribution in [0.4, 0.5) is 11.5 Å². The van der Waals surface area contributed by atoms with Crippen molar-refractivity contribution in [2.75, 3.05) is 11.4 Å². The summed E-state index contributed by atoms with van der Waals surface area (Å²) in [6.45, 7) is 0.778. The number of nitrogens with zero attached hydrogens (tertiary/aromatic N) is 3. The van der Waals surface area contributed by atoms with Crippen molar-refractivity contribution >= 4 is 11.5 Å². The number of hydrogen-bond acceptors (Lipinski definition) is 4. The van der Waals surface area contributed by atoms with Crippen LogP contribution in [0.2, 0.25) is 0 Å². The first-order valence-corrected chi connectivity index (χ1v) is 5.65. The van der Waals surface area contributed by atoms with Crippen molar-refractivity contribution in [3.8, 4) is 6.07 Å². The van der Waals surface area contributed by atoms with Gasteiger partial charge >= 0.3 is 5.69 Å². The molecule has 0 bridgehead atoms. The topological polar surface area (TPSA) is 72.8 Å². The van der Waals surface area contributed by atoms with Gasteiger partial charge in [0.2, 0.25) is 0 Å². The summed E-state index contributed by atoms with van der Waals surface area (Å²) in [5.74, 6) is 0.528. The number of fused-ring (bicyclic) bond motifs is 1. The van der Waals surface area contributed by atoms with E-state index in [2.05, 4.69) is 16.0 Å². The first-order chi connectivity index (χ1) is 8.78.